The van der Waals surface area contributed by atoms with Gasteiger partial charge in [-0.05, 0) is 31.9 Å². The Bertz CT molecular complexity index is 378. The minimum atomic E-state index is 0.289. The zero-order valence-electron chi connectivity index (χ0n) is 10.6. The van der Waals surface area contributed by atoms with E-state index in [1.54, 1.807) is 13.2 Å². The van der Waals surface area contributed by atoms with Crippen molar-refractivity contribution < 1.29 is 9.84 Å². The molecule has 0 amide bonds. The number of para-hydroxylation sites is 1. The standard InChI is InChI=1S/C14H21NO2/c1-3-12-7-5-9-15(12)10-11-6-4-8-13(17-2)14(11)16/h4,6,8,12,16H,3,5,7,9-10H2,1-2H3. The Morgan fingerprint density at radius 3 is 3.00 bits per heavy atom. The predicted octanol–water partition coefficient (Wildman–Crippen LogP) is 2.78. The van der Waals surface area contributed by atoms with Gasteiger partial charge in [0.05, 0.1) is 7.11 Å². The summed E-state index contributed by atoms with van der Waals surface area (Å²) in [7, 11) is 1.59. The van der Waals surface area contributed by atoms with Gasteiger partial charge in [0.1, 0.15) is 0 Å². The summed E-state index contributed by atoms with van der Waals surface area (Å²) < 4.78 is 5.13. The number of benzene rings is 1. The average molecular weight is 235 g/mol. The van der Waals surface area contributed by atoms with Crippen molar-refractivity contribution in [2.75, 3.05) is 13.7 Å². The third-order valence-electron chi connectivity index (χ3n) is 3.65. The quantitative estimate of drug-likeness (QED) is 0.871. The lowest BCUT2D eigenvalue weighted by atomic mass is 10.1. The molecule has 0 bridgehead atoms. The molecule has 3 heteroatoms. The highest BCUT2D eigenvalue weighted by molar-refractivity contribution is 5.45. The molecule has 1 aliphatic heterocycles. The highest BCUT2D eigenvalue weighted by Crippen LogP contribution is 2.32. The first kappa shape index (κ1) is 12.2. The summed E-state index contributed by atoms with van der Waals surface area (Å²) in [6.45, 7) is 4.19. The minimum Gasteiger partial charge on any atom is -0.504 e. The van der Waals surface area contributed by atoms with Gasteiger partial charge in [0.25, 0.3) is 0 Å². The van der Waals surface area contributed by atoms with E-state index in [1.807, 2.05) is 12.1 Å². The number of likely N-dealkylation sites (tertiary alicyclic amines) is 1. The molecule has 1 aliphatic rings. The summed E-state index contributed by atoms with van der Waals surface area (Å²) in [4.78, 5) is 2.45. The molecule has 0 aromatic heterocycles. The number of nitrogens with zero attached hydrogens (tertiary/aromatic N) is 1. The Labute approximate surface area is 103 Å². The van der Waals surface area contributed by atoms with Crippen molar-refractivity contribution in [1.29, 1.82) is 0 Å². The Hall–Kier alpha value is -1.22. The van der Waals surface area contributed by atoms with Gasteiger partial charge < -0.3 is 9.84 Å². The van der Waals surface area contributed by atoms with Crippen LogP contribution in [0.3, 0.4) is 0 Å². The predicted molar refractivity (Wildman–Crippen MR) is 68.4 cm³/mol. The Kier molecular flexibility index (Phi) is 3.89. The summed E-state index contributed by atoms with van der Waals surface area (Å²) in [5.41, 5.74) is 0.963. The fraction of sp³-hybridized carbons (Fsp3) is 0.571. The Balaban J connectivity index is 2.13. The molecule has 1 unspecified atom stereocenters. The number of methoxy groups -OCH3 is 1. The van der Waals surface area contributed by atoms with Gasteiger partial charge in [0, 0.05) is 18.2 Å². The molecule has 0 radical (unpaired) electrons. The lowest BCUT2D eigenvalue weighted by molar-refractivity contribution is 0.236. The van der Waals surface area contributed by atoms with Crippen LogP contribution in [0.25, 0.3) is 0 Å². The SMILES string of the molecule is CCC1CCCN1Cc1cccc(OC)c1O. The van der Waals surface area contributed by atoms with E-state index in [1.165, 1.54) is 19.3 Å². The van der Waals surface area contributed by atoms with Gasteiger partial charge in [-0.25, -0.2) is 0 Å². The van der Waals surface area contributed by atoms with Gasteiger partial charge in [0.15, 0.2) is 11.5 Å². The van der Waals surface area contributed by atoms with E-state index in [0.717, 1.165) is 18.7 Å². The van der Waals surface area contributed by atoms with Crippen LogP contribution in [0.4, 0.5) is 0 Å². The highest BCUT2D eigenvalue weighted by atomic mass is 16.5. The second-order valence-corrected chi connectivity index (χ2v) is 4.64. The monoisotopic (exact) mass is 235 g/mol. The van der Waals surface area contributed by atoms with Gasteiger partial charge in [-0.2, -0.15) is 0 Å². The van der Waals surface area contributed by atoms with E-state index in [0.29, 0.717) is 11.8 Å². The molecule has 1 heterocycles. The zero-order chi connectivity index (χ0) is 12.3. The molecular weight excluding hydrogens is 214 g/mol. The fourth-order valence-corrected chi connectivity index (χ4v) is 2.64. The van der Waals surface area contributed by atoms with Gasteiger partial charge >= 0.3 is 0 Å². The second-order valence-electron chi connectivity index (χ2n) is 4.64. The lowest BCUT2D eigenvalue weighted by Gasteiger charge is -2.23. The van der Waals surface area contributed by atoms with Crippen molar-refractivity contribution in [1.82, 2.24) is 4.90 Å². The summed E-state index contributed by atoms with van der Waals surface area (Å²) in [6.07, 6.45) is 3.73. The van der Waals surface area contributed by atoms with E-state index < -0.39 is 0 Å². The smallest absolute Gasteiger partial charge is 0.162 e. The van der Waals surface area contributed by atoms with Crippen LogP contribution in [0.1, 0.15) is 31.7 Å². The highest BCUT2D eigenvalue weighted by Gasteiger charge is 2.23. The molecule has 1 N–H and O–H groups in total. The number of rotatable bonds is 4. The van der Waals surface area contributed by atoms with Crippen LogP contribution in [-0.4, -0.2) is 29.7 Å². The first-order valence-corrected chi connectivity index (χ1v) is 6.35. The van der Waals surface area contributed by atoms with Gasteiger partial charge in [-0.1, -0.05) is 19.1 Å². The zero-order valence-corrected chi connectivity index (χ0v) is 10.6. The lowest BCUT2D eigenvalue weighted by Crippen LogP contribution is -2.28. The maximum Gasteiger partial charge on any atom is 0.162 e. The molecular formula is C14H21NO2. The summed E-state index contributed by atoms with van der Waals surface area (Å²) >= 11 is 0. The van der Waals surface area contributed by atoms with Crippen LogP contribution >= 0.6 is 0 Å². The van der Waals surface area contributed by atoms with Crippen molar-refractivity contribution in [2.24, 2.45) is 0 Å². The number of phenolic OH excluding ortho intramolecular Hbond substituents is 1. The van der Waals surface area contributed by atoms with Crippen molar-refractivity contribution in [3.63, 3.8) is 0 Å². The first-order valence-electron chi connectivity index (χ1n) is 6.35. The maximum absolute atomic E-state index is 10.1. The van der Waals surface area contributed by atoms with Crippen molar-refractivity contribution in [2.45, 2.75) is 38.8 Å². The van der Waals surface area contributed by atoms with Crippen LogP contribution < -0.4 is 4.74 Å². The summed E-state index contributed by atoms with van der Waals surface area (Å²) in [6, 6.07) is 6.37. The van der Waals surface area contributed by atoms with Crippen molar-refractivity contribution in [3.05, 3.63) is 23.8 Å². The molecule has 94 valence electrons. The molecule has 0 saturated carbocycles. The molecule has 1 aromatic carbocycles. The van der Waals surface area contributed by atoms with Crippen molar-refractivity contribution >= 4 is 0 Å². The molecule has 3 nitrogen and oxygen atoms in total. The molecule has 1 saturated heterocycles. The second kappa shape index (κ2) is 5.41. The van der Waals surface area contributed by atoms with E-state index in [9.17, 15) is 5.11 Å². The fourth-order valence-electron chi connectivity index (χ4n) is 2.64. The van der Waals surface area contributed by atoms with E-state index >= 15 is 0 Å². The third-order valence-corrected chi connectivity index (χ3v) is 3.65. The molecule has 1 atom stereocenters. The summed E-state index contributed by atoms with van der Waals surface area (Å²) in [5.74, 6) is 0.853. The largest absolute Gasteiger partial charge is 0.504 e. The van der Waals surface area contributed by atoms with Crippen LogP contribution in [-0.2, 0) is 6.54 Å². The number of phenols is 1. The number of aromatic hydroxyl groups is 1. The Morgan fingerprint density at radius 2 is 2.29 bits per heavy atom. The molecule has 1 aromatic rings. The molecule has 0 aliphatic carbocycles. The molecule has 17 heavy (non-hydrogen) atoms. The topological polar surface area (TPSA) is 32.7 Å². The van der Waals surface area contributed by atoms with E-state index in [4.69, 9.17) is 4.74 Å². The molecule has 2 rings (SSSR count). The number of ether oxygens (including phenoxy) is 1. The number of hydrogen-bond donors (Lipinski definition) is 1. The van der Waals surface area contributed by atoms with Crippen LogP contribution in [0.5, 0.6) is 11.5 Å². The molecule has 0 spiro atoms. The normalized spacial score (nSPS) is 20.7. The first-order chi connectivity index (χ1) is 8.26. The van der Waals surface area contributed by atoms with E-state index in [-0.39, 0.29) is 5.75 Å². The number of hydrogen-bond acceptors (Lipinski definition) is 3. The van der Waals surface area contributed by atoms with Crippen LogP contribution in [0.15, 0.2) is 18.2 Å². The minimum absolute atomic E-state index is 0.289. The average Bonchev–Trinajstić information content (AvgIpc) is 2.79. The van der Waals surface area contributed by atoms with Crippen molar-refractivity contribution in [3.8, 4) is 11.5 Å². The van der Waals surface area contributed by atoms with Gasteiger partial charge in [-0.15, -0.1) is 0 Å². The Morgan fingerprint density at radius 1 is 1.47 bits per heavy atom. The maximum atomic E-state index is 10.1. The van der Waals surface area contributed by atoms with Crippen LogP contribution in [0, 0.1) is 0 Å². The molecule has 1 fully saturated rings. The van der Waals surface area contributed by atoms with Gasteiger partial charge in [0.2, 0.25) is 0 Å². The third kappa shape index (κ3) is 2.55. The van der Waals surface area contributed by atoms with E-state index in [2.05, 4.69) is 11.8 Å². The summed E-state index contributed by atoms with van der Waals surface area (Å²) in [5, 5.41) is 10.1. The van der Waals surface area contributed by atoms with Gasteiger partial charge in [-0.3, -0.25) is 4.90 Å². The van der Waals surface area contributed by atoms with Crippen LogP contribution in [0.2, 0.25) is 0 Å².